The van der Waals surface area contributed by atoms with Gasteiger partial charge in [0, 0.05) is 0 Å². The third-order valence-electron chi connectivity index (χ3n) is 1.57. The Bertz CT molecular complexity index is 375. The number of amides is 1. The van der Waals surface area contributed by atoms with Crippen LogP contribution in [-0.2, 0) is 0 Å². The van der Waals surface area contributed by atoms with Gasteiger partial charge in [-0.25, -0.2) is 0 Å². The van der Waals surface area contributed by atoms with Crippen molar-refractivity contribution in [3.05, 3.63) is 10.6 Å². The van der Waals surface area contributed by atoms with Gasteiger partial charge in [0.1, 0.15) is 4.88 Å². The molecule has 0 unspecified atom stereocenters. The van der Waals surface area contributed by atoms with Crippen LogP contribution in [-0.4, -0.2) is 20.6 Å². The monoisotopic (exact) mass is 245 g/mol. The SMILES string of the molecule is CC(C)c1nnsc1C(=O)NNC(N)=S. The van der Waals surface area contributed by atoms with Crippen molar-refractivity contribution in [3.63, 3.8) is 0 Å². The maximum Gasteiger partial charge on any atom is 0.283 e. The van der Waals surface area contributed by atoms with Crippen LogP contribution in [0.25, 0.3) is 0 Å². The van der Waals surface area contributed by atoms with E-state index in [9.17, 15) is 4.79 Å². The zero-order valence-electron chi connectivity index (χ0n) is 8.27. The van der Waals surface area contributed by atoms with Crippen LogP contribution in [0.2, 0.25) is 0 Å². The summed E-state index contributed by atoms with van der Waals surface area (Å²) in [5, 5.41) is 3.89. The second kappa shape index (κ2) is 4.99. The first-order valence-electron chi connectivity index (χ1n) is 4.20. The summed E-state index contributed by atoms with van der Waals surface area (Å²) in [5.74, 6) is -0.184. The molecule has 4 N–H and O–H groups in total. The van der Waals surface area contributed by atoms with Crippen molar-refractivity contribution in [1.29, 1.82) is 0 Å². The van der Waals surface area contributed by atoms with E-state index in [0.717, 1.165) is 11.5 Å². The molecular formula is C7H11N5OS2. The second-order valence-electron chi connectivity index (χ2n) is 3.09. The second-order valence-corrected chi connectivity index (χ2v) is 4.28. The molecule has 0 saturated carbocycles. The van der Waals surface area contributed by atoms with Crippen molar-refractivity contribution in [1.82, 2.24) is 20.4 Å². The molecule has 0 fully saturated rings. The summed E-state index contributed by atoms with van der Waals surface area (Å²) in [6, 6.07) is 0. The van der Waals surface area contributed by atoms with Gasteiger partial charge in [0.2, 0.25) is 0 Å². The van der Waals surface area contributed by atoms with E-state index in [2.05, 4.69) is 32.7 Å². The number of nitrogens with one attached hydrogen (secondary N) is 2. The Morgan fingerprint density at radius 2 is 2.20 bits per heavy atom. The highest BCUT2D eigenvalue weighted by Crippen LogP contribution is 2.18. The van der Waals surface area contributed by atoms with Gasteiger partial charge in [-0.15, -0.1) is 5.10 Å². The average Bonchev–Trinajstić information content (AvgIpc) is 2.62. The number of thiocarbonyl (C=S) groups is 1. The van der Waals surface area contributed by atoms with E-state index in [1.165, 1.54) is 0 Å². The fraction of sp³-hybridized carbons (Fsp3) is 0.429. The standard InChI is InChI=1S/C7H11N5OS2/c1-3(2)4-5(15-12-9-4)6(13)10-11-7(8)14/h3H,1-2H3,(H,10,13)(H3,8,11,14). The number of hydrogen-bond donors (Lipinski definition) is 3. The Morgan fingerprint density at radius 3 is 2.73 bits per heavy atom. The number of carbonyl (C=O) groups excluding carboxylic acids is 1. The van der Waals surface area contributed by atoms with Crippen LogP contribution < -0.4 is 16.6 Å². The average molecular weight is 245 g/mol. The molecular weight excluding hydrogens is 234 g/mol. The molecule has 82 valence electrons. The lowest BCUT2D eigenvalue weighted by Gasteiger charge is -2.06. The van der Waals surface area contributed by atoms with Gasteiger partial charge in [0.25, 0.3) is 5.91 Å². The number of hydrogen-bond acceptors (Lipinski definition) is 5. The molecule has 1 amide bonds. The van der Waals surface area contributed by atoms with Gasteiger partial charge in [-0.3, -0.25) is 15.6 Å². The van der Waals surface area contributed by atoms with Gasteiger partial charge in [-0.2, -0.15) is 0 Å². The normalized spacial score (nSPS) is 10.1. The van der Waals surface area contributed by atoms with Crippen LogP contribution in [0.4, 0.5) is 0 Å². The molecule has 0 atom stereocenters. The molecule has 0 spiro atoms. The van der Waals surface area contributed by atoms with Gasteiger partial charge >= 0.3 is 0 Å². The molecule has 6 nitrogen and oxygen atoms in total. The van der Waals surface area contributed by atoms with Crippen LogP contribution in [0.3, 0.4) is 0 Å². The Kier molecular flexibility index (Phi) is 3.92. The molecule has 15 heavy (non-hydrogen) atoms. The quantitative estimate of drug-likeness (QED) is 0.507. The number of carbonyl (C=O) groups is 1. The molecule has 0 aromatic carbocycles. The number of nitrogens with two attached hydrogens (primary N) is 1. The molecule has 8 heteroatoms. The smallest absolute Gasteiger partial charge is 0.283 e. The van der Waals surface area contributed by atoms with E-state index in [1.54, 1.807) is 0 Å². The first kappa shape index (κ1) is 11.8. The van der Waals surface area contributed by atoms with Gasteiger partial charge in [0.05, 0.1) is 5.69 Å². The fourth-order valence-corrected chi connectivity index (χ4v) is 1.67. The summed E-state index contributed by atoms with van der Waals surface area (Å²) in [4.78, 5) is 12.0. The highest BCUT2D eigenvalue weighted by atomic mass is 32.1. The lowest BCUT2D eigenvalue weighted by Crippen LogP contribution is -2.44. The molecule has 1 rings (SSSR count). The molecule has 0 radical (unpaired) electrons. The van der Waals surface area contributed by atoms with Gasteiger partial charge in [-0.05, 0) is 29.7 Å². The van der Waals surface area contributed by atoms with Crippen molar-refractivity contribution in [3.8, 4) is 0 Å². The predicted molar refractivity (Wildman–Crippen MR) is 61.4 cm³/mol. The van der Waals surface area contributed by atoms with Crippen molar-refractivity contribution in [2.24, 2.45) is 5.73 Å². The summed E-state index contributed by atoms with van der Waals surface area (Å²) in [7, 11) is 0. The maximum atomic E-state index is 11.6. The minimum Gasteiger partial charge on any atom is -0.375 e. The minimum absolute atomic E-state index is 0.00641. The van der Waals surface area contributed by atoms with Crippen molar-refractivity contribution >= 4 is 34.8 Å². The summed E-state index contributed by atoms with van der Waals surface area (Å²) in [6.07, 6.45) is 0. The summed E-state index contributed by atoms with van der Waals surface area (Å²) >= 11 is 5.59. The summed E-state index contributed by atoms with van der Waals surface area (Å²) in [5.41, 5.74) is 10.6. The number of rotatable bonds is 2. The van der Waals surface area contributed by atoms with Crippen LogP contribution in [0, 0.1) is 0 Å². The van der Waals surface area contributed by atoms with Crippen LogP contribution >= 0.6 is 23.8 Å². The van der Waals surface area contributed by atoms with Gasteiger partial charge in [0.15, 0.2) is 5.11 Å². The van der Waals surface area contributed by atoms with Crippen molar-refractivity contribution in [2.75, 3.05) is 0 Å². The molecule has 0 aliphatic heterocycles. The maximum absolute atomic E-state index is 11.6. The molecule has 0 bridgehead atoms. The largest absolute Gasteiger partial charge is 0.375 e. The highest BCUT2D eigenvalue weighted by Gasteiger charge is 2.18. The van der Waals surface area contributed by atoms with E-state index in [4.69, 9.17) is 5.73 Å². The van der Waals surface area contributed by atoms with Gasteiger partial charge in [-0.1, -0.05) is 18.3 Å². The Labute approximate surface area is 96.4 Å². The first-order valence-corrected chi connectivity index (χ1v) is 5.38. The van der Waals surface area contributed by atoms with Crippen LogP contribution in [0.5, 0.6) is 0 Å². The van der Waals surface area contributed by atoms with E-state index in [1.807, 2.05) is 13.8 Å². The topological polar surface area (TPSA) is 92.9 Å². The predicted octanol–water partition coefficient (Wildman–Crippen LogP) is 0.140. The highest BCUT2D eigenvalue weighted by molar-refractivity contribution is 7.80. The Balaban J connectivity index is 2.73. The third kappa shape index (κ3) is 3.10. The summed E-state index contributed by atoms with van der Waals surface area (Å²) < 4.78 is 3.73. The first-order chi connectivity index (χ1) is 7.02. The lowest BCUT2D eigenvalue weighted by molar-refractivity contribution is 0.0946. The molecule has 0 aliphatic carbocycles. The van der Waals surface area contributed by atoms with Crippen LogP contribution in [0.1, 0.15) is 35.1 Å². The summed E-state index contributed by atoms with van der Waals surface area (Å²) in [6.45, 7) is 3.88. The van der Waals surface area contributed by atoms with Crippen molar-refractivity contribution in [2.45, 2.75) is 19.8 Å². The number of nitrogens with zero attached hydrogens (tertiary/aromatic N) is 2. The van der Waals surface area contributed by atoms with E-state index in [0.29, 0.717) is 10.6 Å². The van der Waals surface area contributed by atoms with E-state index < -0.39 is 0 Å². The number of aromatic nitrogens is 2. The zero-order chi connectivity index (χ0) is 11.4. The Hall–Kier alpha value is -1.28. The zero-order valence-corrected chi connectivity index (χ0v) is 9.91. The third-order valence-corrected chi connectivity index (χ3v) is 2.41. The molecule has 1 heterocycles. The molecule has 0 saturated heterocycles. The minimum atomic E-state index is -0.332. The Morgan fingerprint density at radius 1 is 1.53 bits per heavy atom. The molecule has 0 aliphatic rings. The van der Waals surface area contributed by atoms with E-state index >= 15 is 0 Å². The van der Waals surface area contributed by atoms with Gasteiger partial charge < -0.3 is 5.73 Å². The lowest BCUT2D eigenvalue weighted by atomic mass is 10.1. The molecule has 1 aromatic heterocycles. The molecule has 1 aromatic rings. The van der Waals surface area contributed by atoms with Crippen molar-refractivity contribution < 1.29 is 4.79 Å². The van der Waals surface area contributed by atoms with Crippen LogP contribution in [0.15, 0.2) is 0 Å². The fourth-order valence-electron chi connectivity index (χ4n) is 0.908. The van der Waals surface area contributed by atoms with E-state index in [-0.39, 0.29) is 16.9 Å². The number of hydrazine groups is 1.